The van der Waals surface area contributed by atoms with Gasteiger partial charge >= 0.3 is 0 Å². The van der Waals surface area contributed by atoms with E-state index in [4.69, 9.17) is 0 Å². The predicted octanol–water partition coefficient (Wildman–Crippen LogP) is 3.46. The number of nitro benzene ring substituents is 1. The van der Waals surface area contributed by atoms with Gasteiger partial charge in [0.2, 0.25) is 0 Å². The molecular formula is C13H13BrN2O4S2. The minimum atomic E-state index is -3.68. The van der Waals surface area contributed by atoms with Gasteiger partial charge in [-0.05, 0) is 45.1 Å². The van der Waals surface area contributed by atoms with Crippen molar-refractivity contribution in [3.8, 4) is 0 Å². The Hall–Kier alpha value is -1.45. The molecule has 0 unspecified atom stereocenters. The summed E-state index contributed by atoms with van der Waals surface area (Å²) >= 11 is 4.95. The lowest BCUT2D eigenvalue weighted by Crippen LogP contribution is -2.16. The van der Waals surface area contributed by atoms with Crippen LogP contribution < -0.4 is 4.90 Å². The minimum absolute atomic E-state index is 0.270. The zero-order valence-electron chi connectivity index (χ0n) is 11.8. The zero-order chi connectivity index (χ0) is 16.5. The maximum Gasteiger partial charge on any atom is 0.288 e. The number of anilines is 1. The monoisotopic (exact) mass is 404 g/mol. The first-order valence-corrected chi connectivity index (χ1v) is 9.67. The van der Waals surface area contributed by atoms with Gasteiger partial charge in [0.15, 0.2) is 9.84 Å². The summed E-state index contributed by atoms with van der Waals surface area (Å²) in [5.41, 5.74) is 1.27. The van der Waals surface area contributed by atoms with Crippen molar-refractivity contribution in [1.29, 1.82) is 0 Å². The van der Waals surface area contributed by atoms with E-state index < -0.39 is 20.4 Å². The summed E-state index contributed by atoms with van der Waals surface area (Å²) in [7, 11) is -1.87. The van der Waals surface area contributed by atoms with Gasteiger partial charge in [-0.3, -0.25) is 10.1 Å². The van der Waals surface area contributed by atoms with Crippen LogP contribution in [-0.2, 0) is 16.4 Å². The van der Waals surface area contributed by atoms with Crippen LogP contribution in [-0.4, -0.2) is 26.6 Å². The van der Waals surface area contributed by atoms with E-state index in [9.17, 15) is 18.5 Å². The first kappa shape index (κ1) is 16.9. The van der Waals surface area contributed by atoms with Gasteiger partial charge in [0, 0.05) is 31.6 Å². The van der Waals surface area contributed by atoms with Crippen LogP contribution in [0, 0.1) is 10.1 Å². The smallest absolute Gasteiger partial charge is 0.288 e. The van der Waals surface area contributed by atoms with E-state index in [-0.39, 0.29) is 4.90 Å². The van der Waals surface area contributed by atoms with Crippen molar-refractivity contribution in [2.75, 3.05) is 18.2 Å². The molecule has 6 nitrogen and oxygen atoms in total. The Kier molecular flexibility index (Phi) is 4.88. The largest absolute Gasteiger partial charge is 0.370 e. The lowest BCUT2D eigenvalue weighted by atomic mass is 10.2. The Bertz CT molecular complexity index is 817. The summed E-state index contributed by atoms with van der Waals surface area (Å²) in [5.74, 6) is 0. The highest BCUT2D eigenvalue weighted by Crippen LogP contribution is 2.29. The molecule has 0 radical (unpaired) electrons. The van der Waals surface area contributed by atoms with Crippen molar-refractivity contribution in [1.82, 2.24) is 0 Å². The normalized spacial score (nSPS) is 11.4. The molecule has 0 aliphatic carbocycles. The summed E-state index contributed by atoms with van der Waals surface area (Å²) in [6.45, 7) is 0.573. The van der Waals surface area contributed by atoms with Crippen LogP contribution in [0.25, 0.3) is 0 Å². The number of hydrogen-bond donors (Lipinski definition) is 0. The van der Waals surface area contributed by atoms with Crippen LogP contribution in [0.5, 0.6) is 0 Å². The van der Waals surface area contributed by atoms with Crippen LogP contribution in [0.15, 0.2) is 38.3 Å². The Balaban J connectivity index is 2.38. The van der Waals surface area contributed by atoms with E-state index >= 15 is 0 Å². The van der Waals surface area contributed by atoms with Crippen molar-refractivity contribution in [2.45, 2.75) is 11.4 Å². The second kappa shape index (κ2) is 6.35. The quantitative estimate of drug-likeness (QED) is 0.562. The number of hydrogen-bond acceptors (Lipinski definition) is 6. The molecule has 0 atom stereocenters. The van der Waals surface area contributed by atoms with Crippen LogP contribution >= 0.6 is 27.3 Å². The van der Waals surface area contributed by atoms with Crippen molar-refractivity contribution in [3.05, 3.63) is 49.1 Å². The van der Waals surface area contributed by atoms with Crippen molar-refractivity contribution < 1.29 is 13.3 Å². The Morgan fingerprint density at radius 2 is 2.05 bits per heavy atom. The average Bonchev–Trinajstić information content (AvgIpc) is 2.82. The molecule has 1 aromatic carbocycles. The zero-order valence-corrected chi connectivity index (χ0v) is 15.0. The molecule has 0 amide bonds. The molecule has 0 saturated heterocycles. The van der Waals surface area contributed by atoms with E-state index in [1.54, 1.807) is 24.5 Å². The van der Waals surface area contributed by atoms with E-state index in [1.807, 2.05) is 16.3 Å². The third kappa shape index (κ3) is 3.84. The summed E-state index contributed by atoms with van der Waals surface area (Å²) < 4.78 is 24.5. The number of halogens is 1. The SMILES string of the molecule is CN(Cc1csc(Br)c1)c1ccc([N+](=O)[O-])c(S(C)(=O)=O)c1. The first-order valence-electron chi connectivity index (χ1n) is 6.11. The second-order valence-corrected chi connectivity index (χ2v) is 9.07. The van der Waals surface area contributed by atoms with Crippen molar-refractivity contribution in [2.24, 2.45) is 0 Å². The number of nitro groups is 1. The van der Waals surface area contributed by atoms with E-state index in [0.717, 1.165) is 15.6 Å². The fourth-order valence-corrected chi connectivity index (χ4v) is 4.04. The highest BCUT2D eigenvalue weighted by Gasteiger charge is 2.23. The van der Waals surface area contributed by atoms with E-state index in [2.05, 4.69) is 15.9 Å². The number of thiophene rings is 1. The fourth-order valence-electron chi connectivity index (χ4n) is 1.98. The standard InChI is InChI=1S/C13H13BrN2O4S2/c1-15(7-9-5-13(14)21-8-9)10-3-4-11(16(17)18)12(6-10)22(2,19)20/h3-6,8H,7H2,1-2H3. The van der Waals surface area contributed by atoms with E-state index in [1.165, 1.54) is 12.1 Å². The third-order valence-electron chi connectivity index (χ3n) is 3.02. The molecule has 0 fully saturated rings. The minimum Gasteiger partial charge on any atom is -0.370 e. The molecule has 9 heteroatoms. The number of nitrogens with zero attached hydrogens (tertiary/aromatic N) is 2. The Morgan fingerprint density at radius 1 is 1.36 bits per heavy atom. The maximum absolute atomic E-state index is 11.8. The Labute approximate surface area is 140 Å². The molecule has 0 bridgehead atoms. The van der Waals surface area contributed by atoms with Gasteiger partial charge in [-0.15, -0.1) is 11.3 Å². The molecule has 0 spiro atoms. The summed E-state index contributed by atoms with van der Waals surface area (Å²) in [5, 5.41) is 13.0. The number of rotatable bonds is 5. The molecular weight excluding hydrogens is 392 g/mol. The lowest BCUT2D eigenvalue weighted by molar-refractivity contribution is -0.387. The molecule has 118 valence electrons. The van der Waals surface area contributed by atoms with Gasteiger partial charge in [-0.1, -0.05) is 0 Å². The van der Waals surface area contributed by atoms with Gasteiger partial charge < -0.3 is 4.90 Å². The van der Waals surface area contributed by atoms with Gasteiger partial charge in [-0.2, -0.15) is 0 Å². The average molecular weight is 405 g/mol. The maximum atomic E-state index is 11.8. The lowest BCUT2D eigenvalue weighted by Gasteiger charge is -2.19. The molecule has 1 aromatic heterocycles. The fraction of sp³-hybridized carbons (Fsp3) is 0.231. The van der Waals surface area contributed by atoms with Crippen LogP contribution in [0.3, 0.4) is 0 Å². The van der Waals surface area contributed by atoms with Gasteiger partial charge in [-0.25, -0.2) is 8.42 Å². The molecule has 0 aliphatic heterocycles. The summed E-state index contributed by atoms with van der Waals surface area (Å²) in [6, 6.07) is 6.10. The van der Waals surface area contributed by atoms with Crippen LogP contribution in [0.1, 0.15) is 5.56 Å². The van der Waals surface area contributed by atoms with Gasteiger partial charge in [0.05, 0.1) is 8.71 Å². The first-order chi connectivity index (χ1) is 10.2. The van der Waals surface area contributed by atoms with E-state index in [0.29, 0.717) is 12.2 Å². The second-order valence-electron chi connectivity index (χ2n) is 4.80. The van der Waals surface area contributed by atoms with Crippen LogP contribution in [0.2, 0.25) is 0 Å². The highest BCUT2D eigenvalue weighted by atomic mass is 79.9. The predicted molar refractivity (Wildman–Crippen MR) is 90.3 cm³/mol. The third-order valence-corrected chi connectivity index (χ3v) is 5.70. The van der Waals surface area contributed by atoms with Gasteiger partial charge in [0.25, 0.3) is 5.69 Å². The molecule has 22 heavy (non-hydrogen) atoms. The molecule has 0 N–H and O–H groups in total. The van der Waals surface area contributed by atoms with Crippen molar-refractivity contribution >= 4 is 48.5 Å². The number of sulfone groups is 1. The molecule has 1 heterocycles. The summed E-state index contributed by atoms with van der Waals surface area (Å²) in [4.78, 5) is 11.9. The summed E-state index contributed by atoms with van der Waals surface area (Å²) in [6.07, 6.45) is 0.967. The molecule has 0 saturated carbocycles. The van der Waals surface area contributed by atoms with Gasteiger partial charge in [0.1, 0.15) is 4.90 Å². The van der Waals surface area contributed by atoms with Crippen LogP contribution in [0.4, 0.5) is 11.4 Å². The topological polar surface area (TPSA) is 80.5 Å². The molecule has 2 rings (SSSR count). The number of benzene rings is 1. The Morgan fingerprint density at radius 3 is 2.55 bits per heavy atom. The highest BCUT2D eigenvalue weighted by molar-refractivity contribution is 9.11. The molecule has 0 aliphatic rings. The molecule has 2 aromatic rings. The van der Waals surface area contributed by atoms with Crippen molar-refractivity contribution in [3.63, 3.8) is 0 Å².